The second-order valence-electron chi connectivity index (χ2n) is 4.49. The SMILES string of the molecule is Brc1ccc(C2CCCc3cncn32)cc1.O=[N+]([O-])O. The maximum Gasteiger partial charge on any atom is 0.291 e. The van der Waals surface area contributed by atoms with Crippen LogP contribution < -0.4 is 0 Å². The molecule has 0 radical (unpaired) electrons. The van der Waals surface area contributed by atoms with Gasteiger partial charge in [-0.05, 0) is 37.0 Å². The van der Waals surface area contributed by atoms with Gasteiger partial charge in [-0.2, -0.15) is 0 Å². The summed E-state index contributed by atoms with van der Waals surface area (Å²) in [5, 5.41) is 13.6. The highest BCUT2D eigenvalue weighted by Crippen LogP contribution is 2.30. The molecule has 0 aliphatic carbocycles. The van der Waals surface area contributed by atoms with Gasteiger partial charge in [0.05, 0.1) is 12.4 Å². The lowest BCUT2D eigenvalue weighted by Gasteiger charge is -2.25. The molecular formula is C13H14BrN3O3. The number of nitrogens with zero attached hydrogens (tertiary/aromatic N) is 3. The quantitative estimate of drug-likeness (QED) is 0.638. The molecule has 7 heteroatoms. The number of halogens is 1. The average Bonchev–Trinajstić information content (AvgIpc) is 2.87. The summed E-state index contributed by atoms with van der Waals surface area (Å²) < 4.78 is 3.45. The van der Waals surface area contributed by atoms with E-state index in [9.17, 15) is 0 Å². The van der Waals surface area contributed by atoms with Crippen LogP contribution in [0.1, 0.15) is 30.1 Å². The molecule has 1 aliphatic rings. The first kappa shape index (κ1) is 14.5. The van der Waals surface area contributed by atoms with Crippen LogP contribution >= 0.6 is 15.9 Å². The van der Waals surface area contributed by atoms with E-state index >= 15 is 0 Å². The van der Waals surface area contributed by atoms with E-state index in [0.717, 1.165) is 10.9 Å². The first-order chi connectivity index (χ1) is 9.58. The summed E-state index contributed by atoms with van der Waals surface area (Å²) in [6.07, 6.45) is 7.58. The van der Waals surface area contributed by atoms with Gasteiger partial charge in [0.25, 0.3) is 5.09 Å². The molecule has 106 valence electrons. The number of aromatic nitrogens is 2. The molecule has 20 heavy (non-hydrogen) atoms. The Morgan fingerprint density at radius 2 is 2.05 bits per heavy atom. The van der Waals surface area contributed by atoms with Crippen LogP contribution in [0.5, 0.6) is 0 Å². The minimum Gasteiger partial charge on any atom is -0.328 e. The molecule has 0 fully saturated rings. The van der Waals surface area contributed by atoms with Gasteiger partial charge in [0.1, 0.15) is 0 Å². The Balaban J connectivity index is 0.000000328. The zero-order valence-corrected chi connectivity index (χ0v) is 12.2. The lowest BCUT2D eigenvalue weighted by atomic mass is 9.96. The van der Waals surface area contributed by atoms with Crippen molar-refractivity contribution < 1.29 is 10.3 Å². The van der Waals surface area contributed by atoms with E-state index < -0.39 is 5.09 Å². The summed E-state index contributed by atoms with van der Waals surface area (Å²) in [6.45, 7) is 0. The van der Waals surface area contributed by atoms with Gasteiger partial charge >= 0.3 is 0 Å². The molecule has 1 aromatic heterocycles. The summed E-state index contributed by atoms with van der Waals surface area (Å²) in [4.78, 5) is 12.6. The van der Waals surface area contributed by atoms with Crippen molar-refractivity contribution in [2.45, 2.75) is 25.3 Å². The molecule has 1 aliphatic heterocycles. The van der Waals surface area contributed by atoms with Crippen LogP contribution in [0.4, 0.5) is 0 Å². The number of hydrogen-bond donors (Lipinski definition) is 1. The van der Waals surface area contributed by atoms with Crippen molar-refractivity contribution in [1.82, 2.24) is 9.55 Å². The summed E-state index contributed by atoms with van der Waals surface area (Å²) >= 11 is 3.47. The fourth-order valence-electron chi connectivity index (χ4n) is 2.43. The highest BCUT2D eigenvalue weighted by molar-refractivity contribution is 9.10. The third-order valence-electron chi connectivity index (χ3n) is 3.25. The number of imidazole rings is 1. The standard InChI is InChI=1S/C13H13BrN2.HNO3/c14-11-6-4-10(5-7-11)13-3-1-2-12-8-15-9-16(12)13;2-1(3)4/h4-9,13H,1-3H2;(H,2,3,4). The smallest absolute Gasteiger partial charge is 0.291 e. The molecule has 1 N–H and O–H groups in total. The molecule has 1 atom stereocenters. The van der Waals surface area contributed by atoms with Crippen molar-refractivity contribution in [3.05, 3.63) is 62.6 Å². The van der Waals surface area contributed by atoms with Crippen LogP contribution in [0.15, 0.2) is 41.3 Å². The van der Waals surface area contributed by atoms with E-state index in [1.165, 1.54) is 24.1 Å². The molecular weight excluding hydrogens is 326 g/mol. The van der Waals surface area contributed by atoms with Crippen LogP contribution in [0.25, 0.3) is 0 Å². The van der Waals surface area contributed by atoms with Gasteiger partial charge in [-0.3, -0.25) is 0 Å². The molecule has 0 saturated carbocycles. The van der Waals surface area contributed by atoms with Crippen LogP contribution in [0.3, 0.4) is 0 Å². The van der Waals surface area contributed by atoms with E-state index in [2.05, 4.69) is 49.7 Å². The highest BCUT2D eigenvalue weighted by atomic mass is 79.9. The van der Waals surface area contributed by atoms with Crippen molar-refractivity contribution in [3.8, 4) is 0 Å². The van der Waals surface area contributed by atoms with Crippen LogP contribution in [-0.4, -0.2) is 19.8 Å². The van der Waals surface area contributed by atoms with Crippen molar-refractivity contribution in [1.29, 1.82) is 0 Å². The third-order valence-corrected chi connectivity index (χ3v) is 3.78. The summed E-state index contributed by atoms with van der Waals surface area (Å²) in [7, 11) is 0. The monoisotopic (exact) mass is 339 g/mol. The second kappa shape index (κ2) is 6.51. The van der Waals surface area contributed by atoms with Crippen molar-refractivity contribution in [2.75, 3.05) is 0 Å². The number of aryl methyl sites for hydroxylation is 1. The van der Waals surface area contributed by atoms with Gasteiger partial charge in [-0.15, -0.1) is 10.1 Å². The molecule has 0 spiro atoms. The van der Waals surface area contributed by atoms with Gasteiger partial charge in [-0.1, -0.05) is 28.1 Å². The minimum atomic E-state index is -1.50. The largest absolute Gasteiger partial charge is 0.328 e. The Hall–Kier alpha value is -1.89. The molecule has 3 rings (SSSR count). The van der Waals surface area contributed by atoms with Crippen LogP contribution in [0, 0.1) is 10.1 Å². The van der Waals surface area contributed by atoms with Gasteiger partial charge in [-0.25, -0.2) is 4.98 Å². The van der Waals surface area contributed by atoms with E-state index in [-0.39, 0.29) is 0 Å². The fraction of sp³-hybridized carbons (Fsp3) is 0.308. The molecule has 2 aromatic rings. The third kappa shape index (κ3) is 3.57. The number of fused-ring (bicyclic) bond motifs is 1. The average molecular weight is 340 g/mol. The maximum absolute atomic E-state index is 8.36. The predicted molar refractivity (Wildman–Crippen MR) is 76.2 cm³/mol. The maximum atomic E-state index is 8.36. The molecule has 0 amide bonds. The van der Waals surface area contributed by atoms with E-state index in [4.69, 9.17) is 15.3 Å². The Morgan fingerprint density at radius 3 is 2.70 bits per heavy atom. The van der Waals surface area contributed by atoms with Gasteiger partial charge in [0.15, 0.2) is 0 Å². The summed E-state index contributed by atoms with van der Waals surface area (Å²) in [5.41, 5.74) is 2.74. The van der Waals surface area contributed by atoms with E-state index in [0.29, 0.717) is 6.04 Å². The van der Waals surface area contributed by atoms with Crippen molar-refractivity contribution >= 4 is 15.9 Å². The molecule has 2 heterocycles. The topological polar surface area (TPSA) is 81.2 Å². The lowest BCUT2D eigenvalue weighted by molar-refractivity contribution is -0.742. The van der Waals surface area contributed by atoms with Crippen molar-refractivity contribution in [2.24, 2.45) is 0 Å². The molecule has 6 nitrogen and oxygen atoms in total. The summed E-state index contributed by atoms with van der Waals surface area (Å²) in [6, 6.07) is 9.09. The molecule has 1 aromatic carbocycles. The number of benzene rings is 1. The zero-order valence-electron chi connectivity index (χ0n) is 10.6. The Kier molecular flexibility index (Phi) is 4.73. The van der Waals surface area contributed by atoms with Crippen LogP contribution in [-0.2, 0) is 6.42 Å². The van der Waals surface area contributed by atoms with Gasteiger partial charge < -0.3 is 9.77 Å². The lowest BCUT2D eigenvalue weighted by Crippen LogP contribution is -2.17. The Bertz CT molecular complexity index is 579. The molecule has 1 unspecified atom stereocenters. The zero-order chi connectivity index (χ0) is 14.5. The Morgan fingerprint density at radius 1 is 1.40 bits per heavy atom. The number of hydrogen-bond acceptors (Lipinski definition) is 3. The first-order valence-electron chi connectivity index (χ1n) is 6.17. The van der Waals surface area contributed by atoms with Gasteiger partial charge in [0.2, 0.25) is 0 Å². The molecule has 0 bridgehead atoms. The van der Waals surface area contributed by atoms with Crippen molar-refractivity contribution in [3.63, 3.8) is 0 Å². The second-order valence-corrected chi connectivity index (χ2v) is 5.41. The minimum absolute atomic E-state index is 0.472. The molecule has 0 saturated heterocycles. The van der Waals surface area contributed by atoms with Gasteiger partial charge in [0, 0.05) is 16.4 Å². The van der Waals surface area contributed by atoms with Crippen LogP contribution in [0.2, 0.25) is 0 Å². The first-order valence-corrected chi connectivity index (χ1v) is 6.96. The van der Waals surface area contributed by atoms with E-state index in [1.807, 2.05) is 12.5 Å². The van der Waals surface area contributed by atoms with E-state index in [1.54, 1.807) is 0 Å². The predicted octanol–water partition coefficient (Wildman–Crippen LogP) is 3.22. The fourth-order valence-corrected chi connectivity index (χ4v) is 2.70. The Labute approximate surface area is 124 Å². The highest BCUT2D eigenvalue weighted by Gasteiger charge is 2.20. The number of rotatable bonds is 1. The normalized spacial score (nSPS) is 16.8. The summed E-state index contributed by atoms with van der Waals surface area (Å²) in [5.74, 6) is 0.